The molecular formula is C13H13BrO4. The van der Waals surface area contributed by atoms with Crippen molar-refractivity contribution in [3.05, 3.63) is 22.2 Å². The molecule has 5 heteroatoms. The normalized spacial score (nSPS) is 20.1. The molecule has 1 aliphatic carbocycles. The van der Waals surface area contributed by atoms with E-state index in [1.54, 1.807) is 0 Å². The topological polar surface area (TPSA) is 55.8 Å². The Labute approximate surface area is 113 Å². The minimum Gasteiger partial charge on any atom is -0.489 e. The molecule has 2 aliphatic rings. The Kier molecular flexibility index (Phi) is 2.73. The van der Waals surface area contributed by atoms with Gasteiger partial charge in [0.1, 0.15) is 0 Å². The SMILES string of the molecule is O=C(O)C1(c2ccc(Br)c3c2OCCCO3)CC1. The van der Waals surface area contributed by atoms with Gasteiger partial charge in [0.25, 0.3) is 0 Å². The maximum absolute atomic E-state index is 11.4. The van der Waals surface area contributed by atoms with Crippen molar-refractivity contribution in [1.82, 2.24) is 0 Å². The van der Waals surface area contributed by atoms with Gasteiger partial charge < -0.3 is 14.6 Å². The maximum Gasteiger partial charge on any atom is 0.314 e. The molecule has 0 atom stereocenters. The smallest absolute Gasteiger partial charge is 0.314 e. The highest BCUT2D eigenvalue weighted by Crippen LogP contribution is 2.55. The first kappa shape index (κ1) is 11.8. The van der Waals surface area contributed by atoms with Gasteiger partial charge in [-0.05, 0) is 34.8 Å². The summed E-state index contributed by atoms with van der Waals surface area (Å²) < 4.78 is 12.2. The van der Waals surface area contributed by atoms with E-state index < -0.39 is 11.4 Å². The Morgan fingerprint density at radius 2 is 1.89 bits per heavy atom. The van der Waals surface area contributed by atoms with Crippen molar-refractivity contribution in [3.63, 3.8) is 0 Å². The van der Waals surface area contributed by atoms with Gasteiger partial charge in [-0.25, -0.2) is 0 Å². The monoisotopic (exact) mass is 312 g/mol. The number of fused-ring (bicyclic) bond motifs is 1. The zero-order chi connectivity index (χ0) is 12.8. The molecule has 96 valence electrons. The molecule has 1 heterocycles. The van der Waals surface area contributed by atoms with E-state index in [0.717, 1.165) is 16.5 Å². The third kappa shape index (κ3) is 1.68. The van der Waals surface area contributed by atoms with Crippen molar-refractivity contribution in [2.24, 2.45) is 0 Å². The Bertz CT molecular complexity index is 508. The van der Waals surface area contributed by atoms with Crippen molar-refractivity contribution in [2.45, 2.75) is 24.7 Å². The van der Waals surface area contributed by atoms with Crippen LogP contribution in [0.2, 0.25) is 0 Å². The number of halogens is 1. The number of ether oxygens (including phenoxy) is 2. The molecule has 0 unspecified atom stereocenters. The summed E-state index contributed by atoms with van der Waals surface area (Å²) in [5.74, 6) is 0.458. The van der Waals surface area contributed by atoms with Crippen LogP contribution in [0, 0.1) is 0 Å². The van der Waals surface area contributed by atoms with Crippen LogP contribution in [0.1, 0.15) is 24.8 Å². The second-order valence-corrected chi connectivity index (χ2v) is 5.55. The predicted molar refractivity (Wildman–Crippen MR) is 68.3 cm³/mol. The summed E-state index contributed by atoms with van der Waals surface area (Å²) in [5, 5.41) is 9.39. The van der Waals surface area contributed by atoms with Crippen LogP contribution in [0.3, 0.4) is 0 Å². The number of carboxylic acid groups (broad SMARTS) is 1. The average Bonchev–Trinajstić information content (AvgIpc) is 3.13. The van der Waals surface area contributed by atoms with E-state index in [1.807, 2.05) is 12.1 Å². The number of rotatable bonds is 2. The fourth-order valence-corrected chi connectivity index (χ4v) is 2.75. The lowest BCUT2D eigenvalue weighted by Crippen LogP contribution is -2.20. The van der Waals surface area contributed by atoms with Gasteiger partial charge in [-0.1, -0.05) is 6.07 Å². The fourth-order valence-electron chi connectivity index (χ4n) is 2.32. The number of carbonyl (C=O) groups is 1. The second-order valence-electron chi connectivity index (χ2n) is 4.69. The fraction of sp³-hybridized carbons (Fsp3) is 0.462. The van der Waals surface area contributed by atoms with E-state index in [4.69, 9.17) is 9.47 Å². The molecule has 1 aliphatic heterocycles. The molecule has 1 N–H and O–H groups in total. The van der Waals surface area contributed by atoms with E-state index >= 15 is 0 Å². The molecule has 1 aromatic rings. The molecule has 1 fully saturated rings. The van der Waals surface area contributed by atoms with E-state index in [2.05, 4.69) is 15.9 Å². The molecule has 1 aromatic carbocycles. The van der Waals surface area contributed by atoms with Gasteiger partial charge in [0.05, 0.1) is 23.1 Å². The lowest BCUT2D eigenvalue weighted by Gasteiger charge is -2.18. The van der Waals surface area contributed by atoms with E-state index in [-0.39, 0.29) is 0 Å². The molecule has 3 rings (SSSR count). The van der Waals surface area contributed by atoms with Gasteiger partial charge in [-0.2, -0.15) is 0 Å². The minimum absolute atomic E-state index is 0.562. The first-order valence-corrected chi connectivity index (χ1v) is 6.76. The molecule has 0 bridgehead atoms. The summed E-state index contributed by atoms with van der Waals surface area (Å²) in [5.41, 5.74) is -0.0199. The molecule has 0 aromatic heterocycles. The van der Waals surface area contributed by atoms with Crippen LogP contribution in [-0.4, -0.2) is 24.3 Å². The summed E-state index contributed by atoms with van der Waals surface area (Å²) in [4.78, 5) is 11.4. The van der Waals surface area contributed by atoms with Crippen molar-refractivity contribution < 1.29 is 19.4 Å². The van der Waals surface area contributed by atoms with Gasteiger partial charge in [0, 0.05) is 12.0 Å². The van der Waals surface area contributed by atoms with E-state index in [0.29, 0.717) is 37.6 Å². The Morgan fingerprint density at radius 3 is 2.50 bits per heavy atom. The summed E-state index contributed by atoms with van der Waals surface area (Å²) in [6, 6.07) is 3.67. The Hall–Kier alpha value is -1.23. The van der Waals surface area contributed by atoms with Gasteiger partial charge >= 0.3 is 5.97 Å². The van der Waals surface area contributed by atoms with Crippen molar-refractivity contribution in [3.8, 4) is 11.5 Å². The highest BCUT2D eigenvalue weighted by Gasteiger charge is 2.54. The molecule has 0 spiro atoms. The van der Waals surface area contributed by atoms with Gasteiger partial charge in [-0.15, -0.1) is 0 Å². The zero-order valence-electron chi connectivity index (χ0n) is 9.74. The van der Waals surface area contributed by atoms with Crippen LogP contribution in [0.4, 0.5) is 0 Å². The lowest BCUT2D eigenvalue weighted by molar-refractivity contribution is -0.140. The molecule has 0 radical (unpaired) electrons. The third-order valence-corrected chi connectivity index (χ3v) is 4.14. The van der Waals surface area contributed by atoms with Crippen LogP contribution in [0.25, 0.3) is 0 Å². The number of carboxylic acids is 1. The highest BCUT2D eigenvalue weighted by molar-refractivity contribution is 9.10. The minimum atomic E-state index is -0.778. The first-order valence-electron chi connectivity index (χ1n) is 5.97. The molecule has 1 saturated carbocycles. The summed E-state index contributed by atoms with van der Waals surface area (Å²) in [7, 11) is 0. The van der Waals surface area contributed by atoms with Crippen molar-refractivity contribution >= 4 is 21.9 Å². The van der Waals surface area contributed by atoms with Crippen molar-refractivity contribution in [1.29, 1.82) is 0 Å². The van der Waals surface area contributed by atoms with Crippen LogP contribution in [0.5, 0.6) is 11.5 Å². The maximum atomic E-state index is 11.4. The zero-order valence-corrected chi connectivity index (χ0v) is 11.3. The first-order chi connectivity index (χ1) is 8.65. The van der Waals surface area contributed by atoms with Gasteiger partial charge in [0.15, 0.2) is 11.5 Å². The Morgan fingerprint density at radius 1 is 1.22 bits per heavy atom. The quantitative estimate of drug-likeness (QED) is 0.912. The molecule has 18 heavy (non-hydrogen) atoms. The predicted octanol–water partition coefficient (Wildman–Crippen LogP) is 2.73. The number of hydrogen-bond acceptors (Lipinski definition) is 3. The molecule has 0 saturated heterocycles. The van der Waals surface area contributed by atoms with Crippen LogP contribution in [0.15, 0.2) is 16.6 Å². The highest BCUT2D eigenvalue weighted by atomic mass is 79.9. The summed E-state index contributed by atoms with van der Waals surface area (Å²) in [6.45, 7) is 1.15. The third-order valence-electron chi connectivity index (χ3n) is 3.52. The van der Waals surface area contributed by atoms with Gasteiger partial charge in [-0.3, -0.25) is 4.79 Å². The van der Waals surface area contributed by atoms with Crippen LogP contribution < -0.4 is 9.47 Å². The number of benzene rings is 1. The van der Waals surface area contributed by atoms with Gasteiger partial charge in [0.2, 0.25) is 0 Å². The standard InChI is InChI=1S/C13H13BrO4/c14-9-3-2-8(13(4-5-13)12(15)16)10-11(9)18-7-1-6-17-10/h2-3H,1,4-7H2,(H,15,16). The largest absolute Gasteiger partial charge is 0.489 e. The lowest BCUT2D eigenvalue weighted by atomic mass is 9.95. The number of aliphatic carboxylic acids is 1. The van der Waals surface area contributed by atoms with Crippen LogP contribution in [-0.2, 0) is 10.2 Å². The average molecular weight is 313 g/mol. The second kappa shape index (κ2) is 4.16. The van der Waals surface area contributed by atoms with E-state index in [1.165, 1.54) is 0 Å². The van der Waals surface area contributed by atoms with Crippen LogP contribution >= 0.6 is 15.9 Å². The molecule has 0 amide bonds. The summed E-state index contributed by atoms with van der Waals surface area (Å²) in [6.07, 6.45) is 2.14. The summed E-state index contributed by atoms with van der Waals surface area (Å²) >= 11 is 3.42. The Balaban J connectivity index is 2.14. The number of hydrogen-bond donors (Lipinski definition) is 1. The molecular weight excluding hydrogens is 300 g/mol. The van der Waals surface area contributed by atoms with Crippen molar-refractivity contribution in [2.75, 3.05) is 13.2 Å². The molecule has 4 nitrogen and oxygen atoms in total. The van der Waals surface area contributed by atoms with E-state index in [9.17, 15) is 9.90 Å².